The fourth-order valence-corrected chi connectivity index (χ4v) is 3.17. The Bertz CT molecular complexity index is 847. The second-order valence-electron chi connectivity index (χ2n) is 6.72. The van der Waals surface area contributed by atoms with Crippen LogP contribution < -0.4 is 5.32 Å². The van der Waals surface area contributed by atoms with Gasteiger partial charge in [-0.1, -0.05) is 0 Å². The Morgan fingerprint density at radius 2 is 1.75 bits per heavy atom. The van der Waals surface area contributed by atoms with Crippen molar-refractivity contribution in [1.29, 1.82) is 0 Å². The molecule has 2 aromatic rings. The number of hydrogen-bond acceptors (Lipinski definition) is 4. The molecule has 1 aliphatic rings. The summed E-state index contributed by atoms with van der Waals surface area (Å²) < 4.78 is 26.7. The maximum absolute atomic E-state index is 13.3. The van der Waals surface area contributed by atoms with E-state index in [0.717, 1.165) is 18.2 Å². The van der Waals surface area contributed by atoms with E-state index in [1.807, 2.05) is 0 Å². The molecule has 0 atom stereocenters. The fraction of sp³-hybridized carbons (Fsp3) is 0.368. The number of aromatic nitrogens is 2. The normalized spacial score (nSPS) is 14.6. The number of piperidine rings is 1. The van der Waals surface area contributed by atoms with Crippen LogP contribution in [0.5, 0.6) is 0 Å². The van der Waals surface area contributed by atoms with E-state index >= 15 is 0 Å². The predicted molar refractivity (Wildman–Crippen MR) is 99.4 cm³/mol. The van der Waals surface area contributed by atoms with Crippen LogP contribution in [0.25, 0.3) is 11.3 Å². The van der Waals surface area contributed by atoms with Crippen LogP contribution in [0, 0.1) is 11.6 Å². The van der Waals surface area contributed by atoms with Crippen LogP contribution in [-0.2, 0) is 4.79 Å². The van der Waals surface area contributed by atoms with Gasteiger partial charge in [-0.25, -0.2) is 18.6 Å². The number of nitrogens with one attached hydrogen (secondary N) is 1. The molecule has 3 rings (SSSR count). The van der Waals surface area contributed by atoms with E-state index in [9.17, 15) is 18.4 Å². The van der Waals surface area contributed by atoms with Gasteiger partial charge in [0.1, 0.15) is 11.6 Å². The highest BCUT2D eigenvalue weighted by Crippen LogP contribution is 2.20. The molecule has 28 heavy (non-hydrogen) atoms. The first-order valence-electron chi connectivity index (χ1n) is 8.91. The zero-order valence-corrected chi connectivity index (χ0v) is 15.7. The molecule has 0 bridgehead atoms. The van der Waals surface area contributed by atoms with Gasteiger partial charge < -0.3 is 9.80 Å². The summed E-state index contributed by atoms with van der Waals surface area (Å²) >= 11 is 0. The van der Waals surface area contributed by atoms with Gasteiger partial charge in [0.05, 0.1) is 18.1 Å². The van der Waals surface area contributed by atoms with Crippen molar-refractivity contribution in [1.82, 2.24) is 19.8 Å². The lowest BCUT2D eigenvalue weighted by Gasteiger charge is -2.36. The van der Waals surface area contributed by atoms with E-state index in [2.05, 4.69) is 15.3 Å². The van der Waals surface area contributed by atoms with Crippen molar-refractivity contribution in [3.63, 3.8) is 0 Å². The summed E-state index contributed by atoms with van der Waals surface area (Å²) in [5, 5.41) is 2.66. The monoisotopic (exact) mass is 389 g/mol. The molecule has 1 fully saturated rings. The van der Waals surface area contributed by atoms with Crippen LogP contribution in [0.4, 0.5) is 19.4 Å². The summed E-state index contributed by atoms with van der Waals surface area (Å²) in [4.78, 5) is 35.4. The second-order valence-corrected chi connectivity index (χ2v) is 6.72. The predicted octanol–water partition coefficient (Wildman–Crippen LogP) is 2.90. The molecule has 0 saturated carbocycles. The number of nitrogens with zero attached hydrogens (tertiary/aromatic N) is 4. The third kappa shape index (κ3) is 4.59. The number of halogens is 2. The molecule has 148 valence electrons. The van der Waals surface area contributed by atoms with Crippen LogP contribution in [-0.4, -0.2) is 57.9 Å². The maximum Gasteiger partial charge on any atom is 0.323 e. The number of likely N-dealkylation sites (tertiary alicyclic amines) is 1. The molecule has 1 aliphatic heterocycles. The van der Waals surface area contributed by atoms with Crippen molar-refractivity contribution in [3.05, 3.63) is 42.2 Å². The zero-order valence-electron chi connectivity index (χ0n) is 15.7. The third-order valence-electron chi connectivity index (χ3n) is 4.82. The first-order chi connectivity index (χ1) is 13.3. The molecular weight excluding hydrogens is 368 g/mol. The molecule has 3 amide bonds. The molecule has 2 heterocycles. The molecule has 9 heteroatoms. The average molecular weight is 389 g/mol. The Labute approximate surface area is 161 Å². The number of benzene rings is 1. The quantitative estimate of drug-likeness (QED) is 0.876. The van der Waals surface area contributed by atoms with Crippen molar-refractivity contribution in [2.45, 2.75) is 25.8 Å². The molecule has 0 radical (unpaired) electrons. The van der Waals surface area contributed by atoms with Gasteiger partial charge in [-0.05, 0) is 25.0 Å². The molecule has 1 aromatic heterocycles. The highest BCUT2D eigenvalue weighted by atomic mass is 19.1. The number of carbonyl (C=O) groups is 2. The highest BCUT2D eigenvalue weighted by molar-refractivity contribution is 5.88. The summed E-state index contributed by atoms with van der Waals surface area (Å²) in [6.45, 7) is 2.78. The lowest BCUT2D eigenvalue weighted by atomic mass is 10.0. The first kappa shape index (κ1) is 19.7. The molecule has 0 unspecified atom stereocenters. The van der Waals surface area contributed by atoms with Crippen LogP contribution in [0.3, 0.4) is 0 Å². The van der Waals surface area contributed by atoms with Crippen LogP contribution in [0.15, 0.2) is 30.6 Å². The Kier molecular flexibility index (Phi) is 5.81. The topological polar surface area (TPSA) is 78.4 Å². The lowest BCUT2D eigenvalue weighted by Crippen LogP contribution is -2.48. The Balaban J connectivity index is 1.60. The van der Waals surface area contributed by atoms with E-state index in [4.69, 9.17) is 0 Å². The van der Waals surface area contributed by atoms with E-state index < -0.39 is 11.6 Å². The van der Waals surface area contributed by atoms with Gasteiger partial charge in [-0.2, -0.15) is 0 Å². The first-order valence-corrected chi connectivity index (χ1v) is 8.91. The molecule has 0 aliphatic carbocycles. The van der Waals surface area contributed by atoms with Crippen molar-refractivity contribution < 1.29 is 18.4 Å². The minimum atomic E-state index is -0.702. The molecule has 1 aromatic carbocycles. The largest absolute Gasteiger partial charge is 0.343 e. The summed E-state index contributed by atoms with van der Waals surface area (Å²) in [6, 6.07) is 2.79. The maximum atomic E-state index is 13.3. The smallest absolute Gasteiger partial charge is 0.323 e. The standard InChI is InChI=1S/C19H21F2N5O2/c1-12(27)26-5-3-16(4-6-26)25(2)19(28)24-18-11-22-17(10-23-18)13-7-14(20)9-15(21)8-13/h7-11,16H,3-6H2,1-2H3,(H,23,24,28). The van der Waals surface area contributed by atoms with Crippen LogP contribution >= 0.6 is 0 Å². The van der Waals surface area contributed by atoms with E-state index in [1.54, 1.807) is 16.8 Å². The van der Waals surface area contributed by atoms with E-state index in [1.165, 1.54) is 19.3 Å². The molecular formula is C19H21F2N5O2. The van der Waals surface area contributed by atoms with Gasteiger partial charge in [0, 0.05) is 44.7 Å². The van der Waals surface area contributed by atoms with E-state index in [0.29, 0.717) is 31.6 Å². The van der Waals surface area contributed by atoms with Gasteiger partial charge in [0.25, 0.3) is 0 Å². The minimum Gasteiger partial charge on any atom is -0.343 e. The van der Waals surface area contributed by atoms with Crippen LogP contribution in [0.2, 0.25) is 0 Å². The zero-order chi connectivity index (χ0) is 20.3. The van der Waals surface area contributed by atoms with Gasteiger partial charge in [0.15, 0.2) is 5.82 Å². The van der Waals surface area contributed by atoms with Gasteiger partial charge in [-0.3, -0.25) is 15.1 Å². The molecule has 1 N–H and O–H groups in total. The van der Waals surface area contributed by atoms with Gasteiger partial charge >= 0.3 is 6.03 Å². The minimum absolute atomic E-state index is 0.0260. The van der Waals surface area contributed by atoms with Crippen molar-refractivity contribution in [2.75, 3.05) is 25.5 Å². The van der Waals surface area contributed by atoms with Crippen molar-refractivity contribution >= 4 is 17.8 Å². The summed E-state index contributed by atoms with van der Waals surface area (Å²) in [6.07, 6.45) is 4.09. The van der Waals surface area contributed by atoms with Gasteiger partial charge in [-0.15, -0.1) is 0 Å². The van der Waals surface area contributed by atoms with E-state index in [-0.39, 0.29) is 29.4 Å². The number of carbonyl (C=O) groups excluding carboxylic acids is 2. The Hall–Kier alpha value is -3.10. The number of urea groups is 1. The Morgan fingerprint density at radius 3 is 2.29 bits per heavy atom. The SMILES string of the molecule is CC(=O)N1CCC(N(C)C(=O)Nc2cnc(-c3cc(F)cc(F)c3)cn2)CC1. The molecule has 0 spiro atoms. The summed E-state index contributed by atoms with van der Waals surface area (Å²) in [5.41, 5.74) is 0.554. The fourth-order valence-electron chi connectivity index (χ4n) is 3.17. The van der Waals surface area contributed by atoms with Crippen molar-refractivity contribution in [2.24, 2.45) is 0 Å². The number of amides is 3. The summed E-state index contributed by atoms with van der Waals surface area (Å²) in [7, 11) is 1.70. The second kappa shape index (κ2) is 8.28. The number of hydrogen-bond donors (Lipinski definition) is 1. The molecule has 7 nitrogen and oxygen atoms in total. The molecule has 1 saturated heterocycles. The van der Waals surface area contributed by atoms with Crippen LogP contribution in [0.1, 0.15) is 19.8 Å². The van der Waals surface area contributed by atoms with Gasteiger partial charge in [0.2, 0.25) is 5.91 Å². The Morgan fingerprint density at radius 1 is 1.11 bits per heavy atom. The third-order valence-corrected chi connectivity index (χ3v) is 4.82. The average Bonchev–Trinajstić information content (AvgIpc) is 2.67. The summed E-state index contributed by atoms with van der Waals surface area (Å²) in [5.74, 6) is -1.13. The lowest BCUT2D eigenvalue weighted by molar-refractivity contribution is -0.130. The highest BCUT2D eigenvalue weighted by Gasteiger charge is 2.26. The van der Waals surface area contributed by atoms with Crippen molar-refractivity contribution in [3.8, 4) is 11.3 Å². The number of anilines is 1. The number of rotatable bonds is 3.